The van der Waals surface area contributed by atoms with Gasteiger partial charge in [0.2, 0.25) is 0 Å². The number of hydrogen-bond acceptors (Lipinski definition) is 6. The summed E-state index contributed by atoms with van der Waals surface area (Å²) < 4.78 is 27.3. The Kier molecular flexibility index (Phi) is 4.77. The van der Waals surface area contributed by atoms with Gasteiger partial charge in [-0.05, 0) is 31.2 Å². The fourth-order valence-electron chi connectivity index (χ4n) is 2.91. The highest BCUT2D eigenvalue weighted by molar-refractivity contribution is 7.91. The Morgan fingerprint density at radius 3 is 3.00 bits per heavy atom. The number of aliphatic hydroxyl groups is 1. The molecule has 0 amide bonds. The van der Waals surface area contributed by atoms with Gasteiger partial charge in [-0.1, -0.05) is 6.07 Å². The smallest absolute Gasteiger partial charge is 0.252 e. The number of aliphatic hydroxyl groups excluding tert-OH is 1. The van der Waals surface area contributed by atoms with Crippen LogP contribution in [0.2, 0.25) is 0 Å². The van der Waals surface area contributed by atoms with Crippen LogP contribution in [-0.4, -0.2) is 40.9 Å². The lowest BCUT2D eigenvalue weighted by molar-refractivity contribution is 0.272. The SMILES string of the molecule is Cc1ncc(CO)c(C2CCCN(S(=O)(=O)c3cccs3)C2)n1. The summed E-state index contributed by atoms with van der Waals surface area (Å²) in [4.78, 5) is 8.57. The molecule has 1 fully saturated rings. The van der Waals surface area contributed by atoms with E-state index in [4.69, 9.17) is 0 Å². The molecule has 6 nitrogen and oxygen atoms in total. The lowest BCUT2D eigenvalue weighted by atomic mass is 9.93. The molecule has 2 aromatic rings. The van der Waals surface area contributed by atoms with Crippen LogP contribution >= 0.6 is 11.3 Å². The molecule has 0 aliphatic carbocycles. The zero-order valence-electron chi connectivity index (χ0n) is 12.8. The first-order valence-electron chi connectivity index (χ1n) is 7.49. The van der Waals surface area contributed by atoms with Gasteiger partial charge in [0.25, 0.3) is 10.0 Å². The summed E-state index contributed by atoms with van der Waals surface area (Å²) in [5.41, 5.74) is 1.45. The molecule has 1 N–H and O–H groups in total. The van der Waals surface area contributed by atoms with E-state index in [1.54, 1.807) is 30.6 Å². The highest BCUT2D eigenvalue weighted by Gasteiger charge is 2.32. The molecular formula is C15H19N3O3S2. The minimum atomic E-state index is -3.44. The highest BCUT2D eigenvalue weighted by atomic mass is 32.2. The predicted molar refractivity (Wildman–Crippen MR) is 87.7 cm³/mol. The van der Waals surface area contributed by atoms with Crippen molar-refractivity contribution < 1.29 is 13.5 Å². The van der Waals surface area contributed by atoms with Gasteiger partial charge >= 0.3 is 0 Å². The summed E-state index contributed by atoms with van der Waals surface area (Å²) >= 11 is 1.24. The second-order valence-corrected chi connectivity index (χ2v) is 8.73. The Hall–Kier alpha value is -1.35. The van der Waals surface area contributed by atoms with Crippen LogP contribution in [-0.2, 0) is 16.6 Å². The summed E-state index contributed by atoms with van der Waals surface area (Å²) in [6.45, 7) is 2.58. The van der Waals surface area contributed by atoms with Crippen molar-refractivity contribution in [3.63, 3.8) is 0 Å². The van der Waals surface area contributed by atoms with E-state index >= 15 is 0 Å². The monoisotopic (exact) mass is 353 g/mol. The standard InChI is InChI=1S/C15H19N3O3S2/c1-11-16-8-13(10-19)15(17-11)12-4-2-6-18(9-12)23(20,21)14-5-3-7-22-14/h3,5,7-8,12,19H,2,4,6,9-10H2,1H3. The van der Waals surface area contributed by atoms with E-state index in [0.29, 0.717) is 28.7 Å². The van der Waals surface area contributed by atoms with Crippen molar-refractivity contribution in [1.29, 1.82) is 0 Å². The number of nitrogens with zero attached hydrogens (tertiary/aromatic N) is 3. The normalized spacial score (nSPS) is 19.8. The number of rotatable bonds is 4. The van der Waals surface area contributed by atoms with Crippen molar-refractivity contribution in [2.45, 2.75) is 36.5 Å². The van der Waals surface area contributed by atoms with Crippen LogP contribution in [0.4, 0.5) is 0 Å². The molecule has 0 spiro atoms. The summed E-state index contributed by atoms with van der Waals surface area (Å²) in [6.07, 6.45) is 3.27. The zero-order valence-corrected chi connectivity index (χ0v) is 14.5. The van der Waals surface area contributed by atoms with E-state index in [1.165, 1.54) is 15.6 Å². The van der Waals surface area contributed by atoms with Crippen LogP contribution in [0.3, 0.4) is 0 Å². The molecule has 2 aromatic heterocycles. The van der Waals surface area contributed by atoms with Gasteiger partial charge in [0.1, 0.15) is 10.0 Å². The van der Waals surface area contributed by atoms with E-state index in [1.807, 2.05) is 0 Å². The summed E-state index contributed by atoms with van der Waals surface area (Å²) in [5, 5.41) is 11.3. The van der Waals surface area contributed by atoms with Crippen molar-refractivity contribution >= 4 is 21.4 Å². The van der Waals surface area contributed by atoms with Gasteiger partial charge < -0.3 is 5.11 Å². The number of aryl methyl sites for hydroxylation is 1. The van der Waals surface area contributed by atoms with Crippen LogP contribution < -0.4 is 0 Å². The third-order valence-electron chi connectivity index (χ3n) is 4.05. The molecular weight excluding hydrogens is 334 g/mol. The average Bonchev–Trinajstić information content (AvgIpc) is 3.10. The van der Waals surface area contributed by atoms with Gasteiger partial charge in [-0.15, -0.1) is 11.3 Å². The van der Waals surface area contributed by atoms with Crippen molar-refractivity contribution in [3.05, 3.63) is 40.8 Å². The van der Waals surface area contributed by atoms with Crippen molar-refractivity contribution in [2.75, 3.05) is 13.1 Å². The number of thiophene rings is 1. The first-order valence-corrected chi connectivity index (χ1v) is 9.81. The van der Waals surface area contributed by atoms with Crippen LogP contribution in [0.1, 0.15) is 35.8 Å². The molecule has 1 unspecified atom stereocenters. The van der Waals surface area contributed by atoms with E-state index in [-0.39, 0.29) is 12.5 Å². The number of sulfonamides is 1. The Morgan fingerprint density at radius 2 is 2.30 bits per heavy atom. The van der Waals surface area contributed by atoms with Crippen LogP contribution in [0.15, 0.2) is 27.9 Å². The predicted octanol–water partition coefficient (Wildman–Crippen LogP) is 1.91. The Morgan fingerprint density at radius 1 is 1.48 bits per heavy atom. The Bertz CT molecular complexity index is 775. The van der Waals surface area contributed by atoms with Crippen molar-refractivity contribution in [3.8, 4) is 0 Å². The molecule has 1 saturated heterocycles. The van der Waals surface area contributed by atoms with E-state index in [0.717, 1.165) is 18.5 Å². The maximum atomic E-state index is 12.7. The Labute approximate surface area is 139 Å². The minimum absolute atomic E-state index is 0.0117. The third kappa shape index (κ3) is 3.30. The van der Waals surface area contributed by atoms with Gasteiger partial charge in [-0.25, -0.2) is 18.4 Å². The highest BCUT2D eigenvalue weighted by Crippen LogP contribution is 2.32. The van der Waals surface area contributed by atoms with Gasteiger partial charge in [0.15, 0.2) is 0 Å². The lowest BCUT2D eigenvalue weighted by Crippen LogP contribution is -2.39. The summed E-state index contributed by atoms with van der Waals surface area (Å²) in [6, 6.07) is 3.38. The summed E-state index contributed by atoms with van der Waals surface area (Å²) in [5.74, 6) is 0.623. The second-order valence-electron chi connectivity index (χ2n) is 5.62. The number of hydrogen-bond donors (Lipinski definition) is 1. The quantitative estimate of drug-likeness (QED) is 0.908. The van der Waals surface area contributed by atoms with Gasteiger partial charge in [0.05, 0.1) is 12.3 Å². The molecule has 0 bridgehead atoms. The van der Waals surface area contributed by atoms with Crippen LogP contribution in [0.5, 0.6) is 0 Å². The molecule has 23 heavy (non-hydrogen) atoms. The van der Waals surface area contributed by atoms with Gasteiger partial charge in [-0.2, -0.15) is 4.31 Å². The molecule has 0 radical (unpaired) electrons. The molecule has 3 heterocycles. The minimum Gasteiger partial charge on any atom is -0.392 e. The molecule has 124 valence electrons. The second kappa shape index (κ2) is 6.64. The van der Waals surface area contributed by atoms with Crippen molar-refractivity contribution in [1.82, 2.24) is 14.3 Å². The van der Waals surface area contributed by atoms with Crippen LogP contribution in [0.25, 0.3) is 0 Å². The molecule has 3 rings (SSSR count). The number of piperidine rings is 1. The van der Waals surface area contributed by atoms with Gasteiger partial charge in [-0.3, -0.25) is 0 Å². The van der Waals surface area contributed by atoms with E-state index < -0.39 is 10.0 Å². The fraction of sp³-hybridized carbons (Fsp3) is 0.467. The molecule has 1 aliphatic rings. The number of aromatic nitrogens is 2. The summed E-state index contributed by atoms with van der Waals surface area (Å²) in [7, 11) is -3.44. The maximum Gasteiger partial charge on any atom is 0.252 e. The first-order chi connectivity index (χ1) is 11.0. The van der Waals surface area contributed by atoms with E-state index in [9.17, 15) is 13.5 Å². The Balaban J connectivity index is 1.89. The molecule has 8 heteroatoms. The zero-order chi connectivity index (χ0) is 16.4. The topological polar surface area (TPSA) is 83.4 Å². The maximum absolute atomic E-state index is 12.7. The average molecular weight is 353 g/mol. The van der Waals surface area contributed by atoms with E-state index in [2.05, 4.69) is 9.97 Å². The third-order valence-corrected chi connectivity index (χ3v) is 7.29. The fourth-order valence-corrected chi connectivity index (χ4v) is 5.58. The first kappa shape index (κ1) is 16.5. The van der Waals surface area contributed by atoms with Gasteiger partial charge in [0, 0.05) is 30.8 Å². The van der Waals surface area contributed by atoms with Crippen LogP contribution in [0, 0.1) is 6.92 Å². The lowest BCUT2D eigenvalue weighted by Gasteiger charge is -2.32. The molecule has 0 saturated carbocycles. The molecule has 1 aliphatic heterocycles. The molecule has 0 aromatic carbocycles. The van der Waals surface area contributed by atoms with Crippen molar-refractivity contribution in [2.24, 2.45) is 0 Å². The largest absolute Gasteiger partial charge is 0.392 e. The molecule has 1 atom stereocenters.